The Kier molecular flexibility index (Phi) is 4.68. The van der Waals surface area contributed by atoms with Crippen LogP contribution in [0.25, 0.3) is 22.3 Å². The zero-order valence-electron chi connectivity index (χ0n) is 14.7. The summed E-state index contributed by atoms with van der Waals surface area (Å²) in [5.41, 5.74) is 0.570. The van der Waals surface area contributed by atoms with Crippen molar-refractivity contribution < 1.29 is 29.6 Å². The fourth-order valence-corrected chi connectivity index (χ4v) is 2.47. The average Bonchev–Trinajstić information content (AvgIpc) is 2.61. The van der Waals surface area contributed by atoms with Crippen LogP contribution in [0.1, 0.15) is 13.8 Å². The van der Waals surface area contributed by atoms with Crippen LogP contribution in [0.5, 0.6) is 28.7 Å². The molecule has 0 aliphatic rings. The molecular weight excluding hydrogens is 352 g/mol. The van der Waals surface area contributed by atoms with Crippen LogP contribution >= 0.6 is 0 Å². The topological polar surface area (TPSA) is 120 Å². The molecule has 0 atom stereocenters. The number of phenolic OH excluding ortho intramolecular Hbond substituents is 3. The molecule has 27 heavy (non-hydrogen) atoms. The maximum absolute atomic E-state index is 12.4. The molecule has 0 unspecified atom stereocenters. The number of hydrogen-bond acceptors (Lipinski definition) is 7. The van der Waals surface area contributed by atoms with E-state index in [4.69, 9.17) is 9.15 Å². The van der Waals surface area contributed by atoms with Gasteiger partial charge in [0, 0.05) is 11.6 Å². The van der Waals surface area contributed by atoms with Gasteiger partial charge in [0.25, 0.3) is 0 Å². The SMILES string of the molecule is CC(C)=CCOc1cc(-c2oc3cc(O)c(O)cc3c(=O)c2O)ccc1O. The standard InChI is InChI=1S/C20H18O7/c1-10(2)5-6-26-17-7-11(3-4-13(17)21)20-19(25)18(24)12-8-14(22)15(23)9-16(12)27-20/h3-5,7-9,21-23,25H,6H2,1-2H3. The first kappa shape index (κ1) is 18.2. The van der Waals surface area contributed by atoms with E-state index in [1.807, 2.05) is 19.9 Å². The van der Waals surface area contributed by atoms with Gasteiger partial charge in [0.05, 0.1) is 5.39 Å². The van der Waals surface area contributed by atoms with E-state index < -0.39 is 22.7 Å². The van der Waals surface area contributed by atoms with Crippen LogP contribution in [-0.4, -0.2) is 27.0 Å². The number of benzene rings is 2. The molecule has 0 aliphatic carbocycles. The molecule has 1 heterocycles. The van der Waals surface area contributed by atoms with E-state index in [0.29, 0.717) is 5.56 Å². The molecule has 7 nitrogen and oxygen atoms in total. The summed E-state index contributed by atoms with van der Waals surface area (Å²) in [5, 5.41) is 39.3. The van der Waals surface area contributed by atoms with Crippen LogP contribution < -0.4 is 10.2 Å². The second-order valence-corrected chi connectivity index (χ2v) is 6.22. The Morgan fingerprint density at radius 2 is 1.74 bits per heavy atom. The molecule has 0 aliphatic heterocycles. The van der Waals surface area contributed by atoms with Gasteiger partial charge in [-0.25, -0.2) is 0 Å². The second kappa shape index (κ2) is 6.95. The molecule has 2 aromatic carbocycles. The molecule has 0 bridgehead atoms. The molecule has 7 heteroatoms. The molecular formula is C20H18O7. The lowest BCUT2D eigenvalue weighted by atomic mass is 10.1. The van der Waals surface area contributed by atoms with Crippen molar-refractivity contribution in [2.24, 2.45) is 0 Å². The van der Waals surface area contributed by atoms with E-state index in [1.54, 1.807) is 0 Å². The zero-order chi connectivity index (χ0) is 19.7. The molecule has 0 saturated carbocycles. The van der Waals surface area contributed by atoms with E-state index in [1.165, 1.54) is 18.2 Å². The van der Waals surface area contributed by atoms with Crippen LogP contribution in [0.15, 0.2) is 51.2 Å². The normalized spacial score (nSPS) is 10.7. The summed E-state index contributed by atoms with van der Waals surface area (Å²) in [6, 6.07) is 6.34. The number of aromatic hydroxyl groups is 4. The van der Waals surface area contributed by atoms with Crippen LogP contribution in [0.3, 0.4) is 0 Å². The van der Waals surface area contributed by atoms with Gasteiger partial charge in [-0.3, -0.25) is 4.79 Å². The number of phenols is 3. The third-order valence-electron chi connectivity index (χ3n) is 3.92. The van der Waals surface area contributed by atoms with Crippen molar-refractivity contribution in [3.05, 3.63) is 52.2 Å². The maximum Gasteiger partial charge on any atom is 0.235 e. The lowest BCUT2D eigenvalue weighted by Gasteiger charge is -2.10. The van der Waals surface area contributed by atoms with Crippen LogP contribution in [-0.2, 0) is 0 Å². The van der Waals surface area contributed by atoms with Crippen molar-refractivity contribution in [2.75, 3.05) is 6.61 Å². The molecule has 1 aromatic heterocycles. The Hall–Kier alpha value is -3.61. The van der Waals surface area contributed by atoms with Gasteiger partial charge in [-0.05, 0) is 44.2 Å². The van der Waals surface area contributed by atoms with Gasteiger partial charge in [0.15, 0.2) is 28.8 Å². The Balaban J connectivity index is 2.12. The van der Waals surface area contributed by atoms with Crippen LogP contribution in [0.2, 0.25) is 0 Å². The Morgan fingerprint density at radius 3 is 2.44 bits per heavy atom. The third-order valence-corrected chi connectivity index (χ3v) is 3.92. The molecule has 0 fully saturated rings. The number of hydrogen-bond donors (Lipinski definition) is 4. The quantitative estimate of drug-likeness (QED) is 0.409. The smallest absolute Gasteiger partial charge is 0.235 e. The number of fused-ring (bicyclic) bond motifs is 1. The highest BCUT2D eigenvalue weighted by molar-refractivity contribution is 5.85. The molecule has 0 radical (unpaired) electrons. The number of ether oxygens (including phenoxy) is 1. The highest BCUT2D eigenvalue weighted by Crippen LogP contribution is 2.37. The van der Waals surface area contributed by atoms with Gasteiger partial charge in [0.2, 0.25) is 11.2 Å². The van der Waals surface area contributed by atoms with Crippen LogP contribution in [0, 0.1) is 0 Å². The highest BCUT2D eigenvalue weighted by atomic mass is 16.5. The monoisotopic (exact) mass is 370 g/mol. The summed E-state index contributed by atoms with van der Waals surface area (Å²) in [4.78, 5) is 12.4. The first-order valence-corrected chi connectivity index (χ1v) is 8.09. The van der Waals surface area contributed by atoms with Crippen molar-refractivity contribution in [2.45, 2.75) is 13.8 Å². The average molecular weight is 370 g/mol. The van der Waals surface area contributed by atoms with E-state index in [2.05, 4.69) is 0 Å². The van der Waals surface area contributed by atoms with Crippen molar-refractivity contribution in [3.63, 3.8) is 0 Å². The summed E-state index contributed by atoms with van der Waals surface area (Å²) >= 11 is 0. The van der Waals surface area contributed by atoms with Crippen molar-refractivity contribution in [1.82, 2.24) is 0 Å². The van der Waals surface area contributed by atoms with Gasteiger partial charge in [0.1, 0.15) is 12.2 Å². The van der Waals surface area contributed by atoms with Crippen molar-refractivity contribution in [1.29, 1.82) is 0 Å². The number of rotatable bonds is 4. The highest BCUT2D eigenvalue weighted by Gasteiger charge is 2.18. The maximum atomic E-state index is 12.4. The fourth-order valence-electron chi connectivity index (χ4n) is 2.47. The van der Waals surface area contributed by atoms with Gasteiger partial charge < -0.3 is 29.6 Å². The lowest BCUT2D eigenvalue weighted by molar-refractivity contribution is 0.335. The summed E-state index contributed by atoms with van der Waals surface area (Å²) in [6.45, 7) is 4.06. The van der Waals surface area contributed by atoms with E-state index >= 15 is 0 Å². The second-order valence-electron chi connectivity index (χ2n) is 6.22. The van der Waals surface area contributed by atoms with E-state index in [0.717, 1.165) is 17.7 Å². The molecule has 140 valence electrons. The minimum Gasteiger partial charge on any atom is -0.504 e. The molecule has 3 aromatic rings. The summed E-state index contributed by atoms with van der Waals surface area (Å²) in [7, 11) is 0. The molecule has 0 spiro atoms. The van der Waals surface area contributed by atoms with Crippen LogP contribution in [0.4, 0.5) is 0 Å². The van der Waals surface area contributed by atoms with E-state index in [-0.39, 0.29) is 34.8 Å². The molecule has 3 rings (SSSR count). The molecule has 0 amide bonds. The largest absolute Gasteiger partial charge is 0.504 e. The molecule has 0 saturated heterocycles. The van der Waals surface area contributed by atoms with E-state index in [9.17, 15) is 25.2 Å². The first-order valence-electron chi connectivity index (χ1n) is 8.09. The zero-order valence-corrected chi connectivity index (χ0v) is 14.7. The summed E-state index contributed by atoms with van der Waals surface area (Å²) < 4.78 is 11.1. The molecule has 4 N–H and O–H groups in total. The fraction of sp³-hybridized carbons (Fsp3) is 0.150. The lowest BCUT2D eigenvalue weighted by Crippen LogP contribution is -2.02. The van der Waals surface area contributed by atoms with Gasteiger partial charge >= 0.3 is 0 Å². The Morgan fingerprint density at radius 1 is 1.04 bits per heavy atom. The predicted octanol–water partition coefficient (Wildman–Crippen LogP) is 3.63. The first-order chi connectivity index (χ1) is 12.8. The Labute approximate surface area is 154 Å². The van der Waals surface area contributed by atoms with Gasteiger partial charge in [-0.2, -0.15) is 0 Å². The van der Waals surface area contributed by atoms with Gasteiger partial charge in [-0.15, -0.1) is 0 Å². The van der Waals surface area contributed by atoms with Crippen molar-refractivity contribution in [3.8, 4) is 40.1 Å². The van der Waals surface area contributed by atoms with Gasteiger partial charge in [-0.1, -0.05) is 5.57 Å². The summed E-state index contributed by atoms with van der Waals surface area (Å²) in [5.74, 6) is -1.72. The van der Waals surface area contributed by atoms with Crippen molar-refractivity contribution >= 4 is 11.0 Å². The summed E-state index contributed by atoms with van der Waals surface area (Å²) in [6.07, 6.45) is 1.83. The minimum absolute atomic E-state index is 0.0109. The minimum atomic E-state index is -0.762. The third kappa shape index (κ3) is 3.52. The number of allylic oxidation sites excluding steroid dienone is 1. The Bertz CT molecular complexity index is 1110. The predicted molar refractivity (Wildman–Crippen MR) is 99.5 cm³/mol.